The van der Waals surface area contributed by atoms with Crippen LogP contribution < -0.4 is 0 Å². The predicted octanol–water partition coefficient (Wildman–Crippen LogP) is 2.84. The van der Waals surface area contributed by atoms with E-state index in [2.05, 4.69) is 20.2 Å². The van der Waals surface area contributed by atoms with Gasteiger partial charge in [-0.15, -0.1) is 10.2 Å². The Labute approximate surface area is 86.5 Å². The van der Waals surface area contributed by atoms with Gasteiger partial charge in [-0.05, 0) is 24.6 Å². The summed E-state index contributed by atoms with van der Waals surface area (Å²) in [5.41, 5.74) is 1.45. The lowest BCUT2D eigenvalue weighted by molar-refractivity contribution is 0.476. The van der Waals surface area contributed by atoms with Gasteiger partial charge >= 0.3 is 0 Å². The van der Waals surface area contributed by atoms with Crippen LogP contribution in [0.3, 0.4) is 0 Å². The molecule has 0 aliphatic carbocycles. The normalized spacial score (nSPS) is 11.0. The molecule has 1 aromatic carbocycles. The minimum atomic E-state index is 0.107. The van der Waals surface area contributed by atoms with E-state index in [0.717, 1.165) is 5.56 Å². The Morgan fingerprint density at radius 2 is 2.20 bits per heavy atom. The molecule has 0 saturated carbocycles. The number of rotatable bonds is 2. The monoisotopic (exact) mass is 202 g/mol. The molecule has 1 heterocycles. The molecule has 0 saturated heterocycles. The second kappa shape index (κ2) is 3.91. The number of nitrogens with zero attached hydrogens (tertiary/aromatic N) is 3. The number of benzene rings is 1. The number of aryl methyl sites for hydroxylation is 1. The average Bonchev–Trinajstić information content (AvgIpc) is 2.72. The van der Waals surface area contributed by atoms with Crippen molar-refractivity contribution in [2.24, 2.45) is 10.2 Å². The fraction of sp³-hybridized carbons (Fsp3) is 0.100. The molecule has 0 aliphatic rings. The van der Waals surface area contributed by atoms with Crippen LogP contribution >= 0.6 is 0 Å². The summed E-state index contributed by atoms with van der Waals surface area (Å²) in [4.78, 5) is 6.67. The molecule has 0 unspecified atom stereocenters. The first-order valence-electron chi connectivity index (χ1n) is 4.46. The number of aromatic hydroxyl groups is 1. The molecule has 0 atom stereocenters. The molecule has 5 nitrogen and oxygen atoms in total. The summed E-state index contributed by atoms with van der Waals surface area (Å²) in [6, 6.07) is 5.15. The Morgan fingerprint density at radius 3 is 2.93 bits per heavy atom. The Bertz CT molecular complexity index is 476. The molecule has 0 spiro atoms. The van der Waals surface area contributed by atoms with Crippen molar-refractivity contribution in [3.05, 3.63) is 36.2 Å². The van der Waals surface area contributed by atoms with E-state index in [1.54, 1.807) is 30.6 Å². The van der Waals surface area contributed by atoms with Crippen molar-refractivity contribution < 1.29 is 5.11 Å². The Morgan fingerprint density at radius 1 is 1.33 bits per heavy atom. The number of hydrogen-bond acceptors (Lipinski definition) is 4. The van der Waals surface area contributed by atoms with Gasteiger partial charge in [0.15, 0.2) is 0 Å². The summed E-state index contributed by atoms with van der Waals surface area (Å²) in [6.45, 7) is 1.92. The van der Waals surface area contributed by atoms with E-state index in [-0.39, 0.29) is 5.75 Å². The van der Waals surface area contributed by atoms with Crippen molar-refractivity contribution in [2.75, 3.05) is 0 Å². The second-order valence-electron chi connectivity index (χ2n) is 3.10. The van der Waals surface area contributed by atoms with E-state index in [1.807, 2.05) is 6.92 Å². The Balaban J connectivity index is 2.27. The number of phenolic OH excluding ortho intramolecular Hbond substituents is 1. The first-order valence-corrected chi connectivity index (χ1v) is 4.46. The topological polar surface area (TPSA) is 73.6 Å². The highest BCUT2D eigenvalue weighted by Gasteiger charge is 1.99. The maximum Gasteiger partial charge on any atom is 0.246 e. The first-order chi connectivity index (χ1) is 7.25. The van der Waals surface area contributed by atoms with Crippen molar-refractivity contribution in [1.29, 1.82) is 0 Å². The molecule has 15 heavy (non-hydrogen) atoms. The van der Waals surface area contributed by atoms with Crippen LogP contribution in [0.5, 0.6) is 5.75 Å². The van der Waals surface area contributed by atoms with Gasteiger partial charge in [-0.3, -0.25) is 0 Å². The summed E-state index contributed by atoms with van der Waals surface area (Å²) >= 11 is 0. The zero-order valence-corrected chi connectivity index (χ0v) is 8.18. The van der Waals surface area contributed by atoms with Crippen LogP contribution in [0.2, 0.25) is 0 Å². The van der Waals surface area contributed by atoms with Crippen molar-refractivity contribution in [3.8, 4) is 5.75 Å². The molecule has 0 amide bonds. The number of azo groups is 1. The number of imidazole rings is 1. The Hall–Kier alpha value is -2.17. The zero-order valence-electron chi connectivity index (χ0n) is 8.18. The molecule has 76 valence electrons. The van der Waals surface area contributed by atoms with Crippen LogP contribution in [0, 0.1) is 6.92 Å². The van der Waals surface area contributed by atoms with E-state index in [0.29, 0.717) is 11.6 Å². The number of aromatic nitrogens is 2. The number of phenols is 1. The second-order valence-corrected chi connectivity index (χ2v) is 3.10. The van der Waals surface area contributed by atoms with Crippen LogP contribution in [0.15, 0.2) is 40.8 Å². The number of aromatic amines is 1. The van der Waals surface area contributed by atoms with Gasteiger partial charge in [-0.2, -0.15) is 0 Å². The predicted molar refractivity (Wildman–Crippen MR) is 55.6 cm³/mol. The fourth-order valence-electron chi connectivity index (χ4n) is 1.13. The van der Waals surface area contributed by atoms with Gasteiger partial charge < -0.3 is 10.1 Å². The maximum atomic E-state index is 9.48. The summed E-state index contributed by atoms with van der Waals surface area (Å²) in [7, 11) is 0. The van der Waals surface area contributed by atoms with E-state index in [9.17, 15) is 5.11 Å². The van der Waals surface area contributed by atoms with Crippen LogP contribution in [-0.4, -0.2) is 15.1 Å². The highest BCUT2D eigenvalue weighted by molar-refractivity contribution is 5.52. The summed E-state index contributed by atoms with van der Waals surface area (Å²) in [6.07, 6.45) is 3.24. The molecule has 5 heteroatoms. The fourth-order valence-corrected chi connectivity index (χ4v) is 1.13. The lowest BCUT2D eigenvalue weighted by Gasteiger charge is -1.97. The molecule has 0 fully saturated rings. The van der Waals surface area contributed by atoms with Gasteiger partial charge in [0.2, 0.25) is 5.95 Å². The third-order valence-electron chi connectivity index (χ3n) is 1.87. The highest BCUT2D eigenvalue weighted by atomic mass is 16.3. The number of hydrogen-bond donors (Lipinski definition) is 2. The van der Waals surface area contributed by atoms with E-state index >= 15 is 0 Å². The van der Waals surface area contributed by atoms with Crippen LogP contribution in [0.4, 0.5) is 11.6 Å². The lowest BCUT2D eigenvalue weighted by Crippen LogP contribution is -1.72. The lowest BCUT2D eigenvalue weighted by atomic mass is 10.2. The molecule has 1 aromatic heterocycles. The molecule has 2 aromatic rings. The SMILES string of the molecule is Cc1ccc(O)c(/N=N/c2ncc[nH]2)c1. The zero-order chi connectivity index (χ0) is 10.7. The van der Waals surface area contributed by atoms with Crippen molar-refractivity contribution >= 4 is 11.6 Å². The average molecular weight is 202 g/mol. The van der Waals surface area contributed by atoms with E-state index in [4.69, 9.17) is 0 Å². The van der Waals surface area contributed by atoms with E-state index < -0.39 is 0 Å². The summed E-state index contributed by atoms with van der Waals surface area (Å²) in [5.74, 6) is 0.520. The first kappa shape index (κ1) is 9.39. The minimum Gasteiger partial charge on any atom is -0.506 e. The minimum absolute atomic E-state index is 0.107. The molecular formula is C10H10N4O. The maximum absolute atomic E-state index is 9.48. The van der Waals surface area contributed by atoms with Crippen LogP contribution in [-0.2, 0) is 0 Å². The Kier molecular flexibility index (Phi) is 2.45. The van der Waals surface area contributed by atoms with Gasteiger partial charge in [0.25, 0.3) is 0 Å². The molecule has 0 radical (unpaired) electrons. The standard InChI is InChI=1S/C10H10N4O/c1-7-2-3-9(15)8(6-7)13-14-10-11-4-5-12-10/h2-6,15H,1H3,(H,11,12)/b14-13+. The number of H-pyrrole nitrogens is 1. The molecule has 2 N–H and O–H groups in total. The molecule has 0 bridgehead atoms. The summed E-state index contributed by atoms with van der Waals surface area (Å²) in [5, 5.41) is 17.2. The van der Waals surface area contributed by atoms with Crippen molar-refractivity contribution in [3.63, 3.8) is 0 Å². The van der Waals surface area contributed by atoms with Crippen LogP contribution in [0.25, 0.3) is 0 Å². The van der Waals surface area contributed by atoms with Gasteiger partial charge in [-0.1, -0.05) is 6.07 Å². The molecular weight excluding hydrogens is 192 g/mol. The molecule has 2 rings (SSSR count). The number of nitrogens with one attached hydrogen (secondary N) is 1. The van der Waals surface area contributed by atoms with Gasteiger partial charge in [0.05, 0.1) is 0 Å². The van der Waals surface area contributed by atoms with Gasteiger partial charge in [-0.25, -0.2) is 4.98 Å². The smallest absolute Gasteiger partial charge is 0.246 e. The van der Waals surface area contributed by atoms with Crippen molar-refractivity contribution in [2.45, 2.75) is 6.92 Å². The quantitative estimate of drug-likeness (QED) is 0.735. The van der Waals surface area contributed by atoms with Crippen LogP contribution in [0.1, 0.15) is 5.56 Å². The van der Waals surface area contributed by atoms with Crippen molar-refractivity contribution in [1.82, 2.24) is 9.97 Å². The third-order valence-corrected chi connectivity index (χ3v) is 1.87. The van der Waals surface area contributed by atoms with E-state index in [1.165, 1.54) is 0 Å². The summed E-state index contributed by atoms with van der Waals surface area (Å²) < 4.78 is 0. The largest absolute Gasteiger partial charge is 0.506 e. The van der Waals surface area contributed by atoms with Gasteiger partial charge in [0, 0.05) is 12.4 Å². The molecule has 0 aliphatic heterocycles. The third kappa shape index (κ3) is 2.19. The van der Waals surface area contributed by atoms with Gasteiger partial charge in [0.1, 0.15) is 11.4 Å². The highest BCUT2D eigenvalue weighted by Crippen LogP contribution is 2.27.